The first-order valence-corrected chi connectivity index (χ1v) is 12.0. The quantitative estimate of drug-likeness (QED) is 0.302. The average molecular weight is 477 g/mol. The van der Waals surface area contributed by atoms with Crippen molar-refractivity contribution in [3.63, 3.8) is 0 Å². The van der Waals surface area contributed by atoms with Crippen LogP contribution in [0.15, 0.2) is 42.5 Å². The van der Waals surface area contributed by atoms with Crippen molar-refractivity contribution >= 4 is 22.6 Å². The molecule has 0 radical (unpaired) electrons. The molecule has 0 bridgehead atoms. The number of amides is 1. The fourth-order valence-corrected chi connectivity index (χ4v) is 4.37. The predicted molar refractivity (Wildman–Crippen MR) is 138 cm³/mol. The largest absolute Gasteiger partial charge is 0.490 e. The summed E-state index contributed by atoms with van der Waals surface area (Å²) in [6.07, 6.45) is 0. The van der Waals surface area contributed by atoms with Crippen LogP contribution in [0.2, 0.25) is 0 Å². The van der Waals surface area contributed by atoms with E-state index in [1.165, 1.54) is 16.5 Å². The summed E-state index contributed by atoms with van der Waals surface area (Å²) < 4.78 is 19.5. The number of nitrogens with zero attached hydrogens (tertiary/aromatic N) is 2. The Hall–Kier alpha value is -3.94. The van der Waals surface area contributed by atoms with Gasteiger partial charge in [0.1, 0.15) is 0 Å². The minimum Gasteiger partial charge on any atom is -0.490 e. The number of anilines is 1. The van der Waals surface area contributed by atoms with Crippen LogP contribution in [0.1, 0.15) is 43.6 Å². The van der Waals surface area contributed by atoms with Gasteiger partial charge in [0.25, 0.3) is 5.91 Å². The third kappa shape index (κ3) is 4.69. The number of hydrogen-bond acceptors (Lipinski definition) is 5. The third-order valence-corrected chi connectivity index (χ3v) is 5.79. The first-order valence-electron chi connectivity index (χ1n) is 12.0. The second kappa shape index (κ2) is 10.5. The highest BCUT2D eigenvalue weighted by Crippen LogP contribution is 2.39. The van der Waals surface area contributed by atoms with Crippen LogP contribution in [-0.2, 0) is 6.54 Å². The lowest BCUT2D eigenvalue weighted by Gasteiger charge is -2.16. The Bertz CT molecular complexity index is 1310. The van der Waals surface area contributed by atoms with Crippen molar-refractivity contribution in [1.29, 1.82) is 0 Å². The molecule has 8 nitrogen and oxygen atoms in total. The highest BCUT2D eigenvalue weighted by atomic mass is 16.5. The topological polar surface area (TPSA) is 90.4 Å². The molecule has 1 amide bonds. The van der Waals surface area contributed by atoms with Gasteiger partial charge in [-0.05, 0) is 58.4 Å². The van der Waals surface area contributed by atoms with Crippen LogP contribution >= 0.6 is 0 Å². The number of hydrogen-bond donors (Lipinski definition) is 2. The molecule has 0 unspecified atom stereocenters. The molecule has 0 fully saturated rings. The molecule has 2 heterocycles. The number of rotatable bonds is 10. The molecule has 2 aromatic carbocycles. The van der Waals surface area contributed by atoms with E-state index in [0.29, 0.717) is 48.5 Å². The highest BCUT2D eigenvalue weighted by Gasteiger charge is 2.20. The van der Waals surface area contributed by atoms with Gasteiger partial charge in [-0.25, -0.2) is 0 Å². The molecule has 2 aromatic heterocycles. The first-order chi connectivity index (χ1) is 17.0. The number of carbonyl (C=O) groups excluding carboxylic acids is 1. The molecule has 0 saturated carbocycles. The van der Waals surface area contributed by atoms with E-state index in [4.69, 9.17) is 14.2 Å². The predicted octanol–water partition coefficient (Wildman–Crippen LogP) is 5.81. The Labute approximate surface area is 205 Å². The maximum Gasteiger partial charge on any atom is 0.257 e. The minimum absolute atomic E-state index is 0.319. The number of H-pyrrole nitrogens is 1. The Morgan fingerprint density at radius 2 is 1.63 bits per heavy atom. The summed E-state index contributed by atoms with van der Waals surface area (Å²) in [6, 6.07) is 13.5. The number of carbonyl (C=O) groups is 1. The van der Waals surface area contributed by atoms with Gasteiger partial charge in [-0.1, -0.05) is 18.2 Å². The molecule has 0 spiro atoms. The van der Waals surface area contributed by atoms with Gasteiger partial charge in [-0.3, -0.25) is 9.89 Å². The Morgan fingerprint density at radius 1 is 0.971 bits per heavy atom. The molecule has 8 heteroatoms. The van der Waals surface area contributed by atoms with Crippen LogP contribution in [0.4, 0.5) is 5.82 Å². The average Bonchev–Trinajstić information content (AvgIpc) is 3.42. The number of ether oxygens (including phenoxy) is 3. The summed E-state index contributed by atoms with van der Waals surface area (Å²) in [6.45, 7) is 12.0. The van der Waals surface area contributed by atoms with Crippen molar-refractivity contribution in [2.75, 3.05) is 25.1 Å². The Balaban J connectivity index is 1.65. The molecule has 0 aliphatic carbocycles. The molecule has 0 aliphatic rings. The van der Waals surface area contributed by atoms with E-state index in [-0.39, 0.29) is 5.91 Å². The van der Waals surface area contributed by atoms with Crippen molar-refractivity contribution in [3.05, 3.63) is 53.6 Å². The second-order valence-corrected chi connectivity index (χ2v) is 7.96. The monoisotopic (exact) mass is 476 g/mol. The maximum atomic E-state index is 13.2. The van der Waals surface area contributed by atoms with E-state index in [2.05, 4.69) is 46.1 Å². The summed E-state index contributed by atoms with van der Waals surface area (Å²) in [5.41, 5.74) is 4.62. The summed E-state index contributed by atoms with van der Waals surface area (Å²) >= 11 is 0. The molecule has 2 N–H and O–H groups in total. The number of benzene rings is 2. The molecular weight excluding hydrogens is 444 g/mol. The van der Waals surface area contributed by atoms with Crippen LogP contribution in [0.3, 0.4) is 0 Å². The number of para-hydroxylation sites is 1. The third-order valence-electron chi connectivity index (χ3n) is 5.79. The van der Waals surface area contributed by atoms with Crippen LogP contribution in [0.5, 0.6) is 17.2 Å². The molecule has 0 aliphatic heterocycles. The number of nitrogens with one attached hydrogen (secondary N) is 2. The summed E-state index contributed by atoms with van der Waals surface area (Å²) in [4.78, 5) is 13.2. The molecule has 0 saturated heterocycles. The van der Waals surface area contributed by atoms with Gasteiger partial charge in [-0.15, -0.1) is 0 Å². The van der Waals surface area contributed by atoms with Gasteiger partial charge in [0.2, 0.25) is 5.75 Å². The summed E-state index contributed by atoms with van der Waals surface area (Å²) in [7, 11) is 0. The lowest BCUT2D eigenvalue weighted by atomic mass is 10.1. The second-order valence-electron chi connectivity index (χ2n) is 7.96. The molecular formula is C27H32N4O4. The zero-order chi connectivity index (χ0) is 24.9. The van der Waals surface area contributed by atoms with Crippen LogP contribution < -0.4 is 19.5 Å². The summed E-state index contributed by atoms with van der Waals surface area (Å²) in [5.74, 6) is 1.55. The number of aryl methyl sites for hydroxylation is 2. The van der Waals surface area contributed by atoms with E-state index in [1.54, 1.807) is 12.1 Å². The van der Waals surface area contributed by atoms with Crippen molar-refractivity contribution in [2.24, 2.45) is 0 Å². The zero-order valence-corrected chi connectivity index (χ0v) is 20.9. The lowest BCUT2D eigenvalue weighted by Crippen LogP contribution is -2.13. The number of aromatic amines is 1. The Morgan fingerprint density at radius 3 is 2.26 bits per heavy atom. The molecule has 184 valence electrons. The van der Waals surface area contributed by atoms with Gasteiger partial charge < -0.3 is 24.1 Å². The van der Waals surface area contributed by atoms with Gasteiger partial charge in [0.05, 0.1) is 31.2 Å². The molecule has 4 rings (SSSR count). The molecule has 0 atom stereocenters. The normalized spacial score (nSPS) is 11.0. The van der Waals surface area contributed by atoms with E-state index < -0.39 is 0 Å². The van der Waals surface area contributed by atoms with E-state index in [1.807, 2.05) is 39.0 Å². The molecule has 4 aromatic rings. The SMILES string of the molecule is CCOc1cc(C(=O)Nc2cc(-c3c(C)c4ccccc4n3CC)[nH]n2)cc(OCC)c1OCC. The fraction of sp³-hybridized carbons (Fsp3) is 0.333. The first kappa shape index (κ1) is 24.2. The Kier molecular flexibility index (Phi) is 7.29. The van der Waals surface area contributed by atoms with Crippen molar-refractivity contribution in [1.82, 2.24) is 14.8 Å². The standard InChI is InChI=1S/C27H32N4O4/c1-6-31-21-13-11-10-12-19(21)17(5)25(31)20-16-24(30-29-20)28-27(32)18-14-22(33-7-2)26(35-9-4)23(15-18)34-8-3/h10-16H,6-9H2,1-5H3,(H2,28,29,30,32). The smallest absolute Gasteiger partial charge is 0.257 e. The van der Waals surface area contributed by atoms with Gasteiger partial charge in [0.15, 0.2) is 17.3 Å². The minimum atomic E-state index is -0.319. The lowest BCUT2D eigenvalue weighted by molar-refractivity contribution is 0.102. The number of aromatic nitrogens is 3. The maximum absolute atomic E-state index is 13.2. The van der Waals surface area contributed by atoms with Crippen molar-refractivity contribution in [2.45, 2.75) is 41.2 Å². The van der Waals surface area contributed by atoms with Gasteiger partial charge >= 0.3 is 0 Å². The van der Waals surface area contributed by atoms with E-state index >= 15 is 0 Å². The van der Waals surface area contributed by atoms with E-state index in [0.717, 1.165) is 17.9 Å². The van der Waals surface area contributed by atoms with Crippen LogP contribution in [-0.4, -0.2) is 40.5 Å². The van der Waals surface area contributed by atoms with Gasteiger partial charge in [-0.2, -0.15) is 5.10 Å². The molecule has 35 heavy (non-hydrogen) atoms. The van der Waals surface area contributed by atoms with E-state index in [9.17, 15) is 4.79 Å². The van der Waals surface area contributed by atoms with Crippen molar-refractivity contribution in [3.8, 4) is 28.6 Å². The summed E-state index contributed by atoms with van der Waals surface area (Å²) in [5, 5.41) is 11.5. The van der Waals surface area contributed by atoms with Crippen molar-refractivity contribution < 1.29 is 19.0 Å². The van der Waals surface area contributed by atoms with Gasteiger partial charge in [0, 0.05) is 29.1 Å². The highest BCUT2D eigenvalue weighted by molar-refractivity contribution is 6.05. The fourth-order valence-electron chi connectivity index (χ4n) is 4.37. The van der Waals surface area contributed by atoms with Crippen LogP contribution in [0.25, 0.3) is 22.3 Å². The zero-order valence-electron chi connectivity index (χ0n) is 20.9. The number of fused-ring (bicyclic) bond motifs is 1. The van der Waals surface area contributed by atoms with Crippen LogP contribution in [0, 0.1) is 6.92 Å².